The molecule has 0 aromatic heterocycles. The summed E-state index contributed by atoms with van der Waals surface area (Å²) in [6.07, 6.45) is 2.33. The number of nitrogens with zero attached hydrogens (tertiary/aromatic N) is 1. The van der Waals surface area contributed by atoms with Crippen LogP contribution in [-0.2, 0) is 0 Å². The molecule has 0 aromatic rings. The summed E-state index contributed by atoms with van der Waals surface area (Å²) in [5.41, 5.74) is 9.81. The Kier molecular flexibility index (Phi) is 6.84. The van der Waals surface area contributed by atoms with Gasteiger partial charge in [0.15, 0.2) is 0 Å². The van der Waals surface area contributed by atoms with Gasteiger partial charge in [-0.3, -0.25) is 0 Å². The van der Waals surface area contributed by atoms with Crippen molar-refractivity contribution in [1.29, 1.82) is 0 Å². The minimum atomic E-state index is 0.597. The Morgan fingerprint density at radius 3 is 1.60 bits per heavy atom. The first-order chi connectivity index (χ1) is 4.81. The van der Waals surface area contributed by atoms with E-state index in [0.717, 1.165) is 25.9 Å². The molecule has 62 valence electrons. The SMILES string of the molecule is NCCN.ON1CCCC1. The van der Waals surface area contributed by atoms with E-state index >= 15 is 0 Å². The fourth-order valence-corrected chi connectivity index (χ4v) is 0.700. The second kappa shape index (κ2) is 6.95. The summed E-state index contributed by atoms with van der Waals surface area (Å²) in [5, 5.41) is 9.92. The summed E-state index contributed by atoms with van der Waals surface area (Å²) in [4.78, 5) is 0. The van der Waals surface area contributed by atoms with Gasteiger partial charge in [0.05, 0.1) is 0 Å². The summed E-state index contributed by atoms with van der Waals surface area (Å²) < 4.78 is 0. The highest BCUT2D eigenvalue weighted by Gasteiger charge is 2.05. The fourth-order valence-electron chi connectivity index (χ4n) is 0.700. The van der Waals surface area contributed by atoms with E-state index in [0.29, 0.717) is 13.1 Å². The van der Waals surface area contributed by atoms with E-state index in [2.05, 4.69) is 0 Å². The van der Waals surface area contributed by atoms with E-state index in [9.17, 15) is 0 Å². The second-order valence-corrected chi connectivity index (χ2v) is 2.24. The van der Waals surface area contributed by atoms with Crippen LogP contribution < -0.4 is 11.5 Å². The third-order valence-electron chi connectivity index (χ3n) is 1.25. The highest BCUT2D eigenvalue weighted by atomic mass is 16.5. The maximum atomic E-state index is 8.56. The van der Waals surface area contributed by atoms with Crippen LogP contribution in [-0.4, -0.2) is 36.4 Å². The van der Waals surface area contributed by atoms with Crippen molar-refractivity contribution in [2.75, 3.05) is 26.2 Å². The predicted molar refractivity (Wildman–Crippen MR) is 40.7 cm³/mol. The van der Waals surface area contributed by atoms with E-state index < -0.39 is 0 Å². The maximum Gasteiger partial charge on any atom is 0.0238 e. The van der Waals surface area contributed by atoms with Crippen LogP contribution in [0.25, 0.3) is 0 Å². The highest BCUT2D eigenvalue weighted by molar-refractivity contribution is 4.54. The van der Waals surface area contributed by atoms with Crippen molar-refractivity contribution in [1.82, 2.24) is 5.06 Å². The molecule has 1 aliphatic heterocycles. The van der Waals surface area contributed by atoms with Crippen molar-refractivity contribution < 1.29 is 5.21 Å². The zero-order valence-corrected chi connectivity index (χ0v) is 6.29. The molecule has 1 rings (SSSR count). The second-order valence-electron chi connectivity index (χ2n) is 2.24. The summed E-state index contributed by atoms with van der Waals surface area (Å²) >= 11 is 0. The molecule has 0 bridgehead atoms. The molecule has 0 spiro atoms. The molecule has 0 aromatic carbocycles. The van der Waals surface area contributed by atoms with Crippen LogP contribution >= 0.6 is 0 Å². The topological polar surface area (TPSA) is 75.5 Å². The lowest BCUT2D eigenvalue weighted by atomic mass is 10.4. The molecule has 4 heteroatoms. The normalized spacial score (nSPS) is 18.3. The van der Waals surface area contributed by atoms with Crippen LogP contribution in [0.5, 0.6) is 0 Å². The Balaban J connectivity index is 0.000000180. The zero-order chi connectivity index (χ0) is 7.82. The van der Waals surface area contributed by atoms with E-state index in [4.69, 9.17) is 16.7 Å². The number of hydrogen-bond acceptors (Lipinski definition) is 4. The minimum absolute atomic E-state index is 0.597. The van der Waals surface area contributed by atoms with Crippen LogP contribution in [0.4, 0.5) is 0 Å². The van der Waals surface area contributed by atoms with Gasteiger partial charge in [-0.25, -0.2) is 0 Å². The van der Waals surface area contributed by atoms with Gasteiger partial charge >= 0.3 is 0 Å². The van der Waals surface area contributed by atoms with Crippen LogP contribution in [0, 0.1) is 0 Å². The molecule has 1 saturated heterocycles. The number of hydroxylamine groups is 2. The van der Waals surface area contributed by atoms with E-state index in [1.807, 2.05) is 0 Å². The van der Waals surface area contributed by atoms with Crippen molar-refractivity contribution in [3.05, 3.63) is 0 Å². The molecule has 1 fully saturated rings. The van der Waals surface area contributed by atoms with Gasteiger partial charge in [0.25, 0.3) is 0 Å². The van der Waals surface area contributed by atoms with Crippen LogP contribution in [0.15, 0.2) is 0 Å². The van der Waals surface area contributed by atoms with Crippen LogP contribution in [0.1, 0.15) is 12.8 Å². The van der Waals surface area contributed by atoms with Crippen molar-refractivity contribution in [3.63, 3.8) is 0 Å². The van der Waals surface area contributed by atoms with Gasteiger partial charge < -0.3 is 16.7 Å². The van der Waals surface area contributed by atoms with Gasteiger partial charge in [-0.15, -0.1) is 0 Å². The molecule has 0 saturated carbocycles. The van der Waals surface area contributed by atoms with Gasteiger partial charge in [0, 0.05) is 26.2 Å². The third kappa shape index (κ3) is 5.97. The summed E-state index contributed by atoms with van der Waals surface area (Å²) in [5.74, 6) is 0. The van der Waals surface area contributed by atoms with Gasteiger partial charge in [-0.2, -0.15) is 5.06 Å². The third-order valence-corrected chi connectivity index (χ3v) is 1.25. The Morgan fingerprint density at radius 2 is 1.50 bits per heavy atom. The Bertz CT molecular complexity index is 62.0. The van der Waals surface area contributed by atoms with Gasteiger partial charge in [-0.05, 0) is 12.8 Å². The molecule has 0 atom stereocenters. The first-order valence-corrected chi connectivity index (χ1v) is 3.65. The average molecular weight is 147 g/mol. The largest absolute Gasteiger partial charge is 0.329 e. The van der Waals surface area contributed by atoms with E-state index in [-0.39, 0.29) is 0 Å². The molecule has 0 radical (unpaired) electrons. The molecular formula is C6H17N3O. The molecule has 4 nitrogen and oxygen atoms in total. The monoisotopic (exact) mass is 147 g/mol. The molecule has 0 amide bonds. The standard InChI is InChI=1S/C4H9NO.C2H8N2/c6-5-3-1-2-4-5;3-1-2-4/h6H,1-4H2;1-4H2. The lowest BCUT2D eigenvalue weighted by Crippen LogP contribution is -2.11. The van der Waals surface area contributed by atoms with Crippen molar-refractivity contribution in [3.8, 4) is 0 Å². The molecule has 5 N–H and O–H groups in total. The van der Waals surface area contributed by atoms with Gasteiger partial charge in [-0.1, -0.05) is 0 Å². The van der Waals surface area contributed by atoms with Gasteiger partial charge in [0.2, 0.25) is 0 Å². The number of rotatable bonds is 1. The molecule has 0 unspecified atom stereocenters. The fraction of sp³-hybridized carbons (Fsp3) is 1.00. The molecule has 0 aliphatic carbocycles. The quantitative estimate of drug-likeness (QED) is 0.462. The maximum absolute atomic E-state index is 8.56. The number of nitrogens with two attached hydrogens (primary N) is 2. The molecule has 1 heterocycles. The first kappa shape index (κ1) is 9.84. The van der Waals surface area contributed by atoms with E-state index in [1.54, 1.807) is 0 Å². The average Bonchev–Trinajstić information content (AvgIpc) is 2.40. The zero-order valence-electron chi connectivity index (χ0n) is 6.29. The molecule has 10 heavy (non-hydrogen) atoms. The summed E-state index contributed by atoms with van der Waals surface area (Å²) in [6.45, 7) is 2.94. The van der Waals surface area contributed by atoms with E-state index in [1.165, 1.54) is 5.06 Å². The van der Waals surface area contributed by atoms with Crippen LogP contribution in [0.2, 0.25) is 0 Å². The molecular weight excluding hydrogens is 130 g/mol. The molecule has 1 aliphatic rings. The summed E-state index contributed by atoms with van der Waals surface area (Å²) in [6, 6.07) is 0. The first-order valence-electron chi connectivity index (χ1n) is 3.65. The van der Waals surface area contributed by atoms with Crippen molar-refractivity contribution >= 4 is 0 Å². The lowest BCUT2D eigenvalue weighted by Gasteiger charge is -1.99. The lowest BCUT2D eigenvalue weighted by molar-refractivity contribution is -0.0678. The predicted octanol–water partition coefficient (Wildman–Crippen LogP) is -0.625. The Hall–Kier alpha value is -0.160. The number of hydrogen-bond donors (Lipinski definition) is 3. The Labute approximate surface area is 61.8 Å². The van der Waals surface area contributed by atoms with Gasteiger partial charge in [0.1, 0.15) is 0 Å². The highest BCUT2D eigenvalue weighted by Crippen LogP contribution is 2.01. The minimum Gasteiger partial charge on any atom is -0.329 e. The van der Waals surface area contributed by atoms with Crippen molar-refractivity contribution in [2.24, 2.45) is 11.5 Å². The van der Waals surface area contributed by atoms with Crippen molar-refractivity contribution in [2.45, 2.75) is 12.8 Å². The summed E-state index contributed by atoms with van der Waals surface area (Å²) in [7, 11) is 0. The van der Waals surface area contributed by atoms with Crippen LogP contribution in [0.3, 0.4) is 0 Å². The smallest absolute Gasteiger partial charge is 0.0238 e. The Morgan fingerprint density at radius 1 is 1.10 bits per heavy atom.